The Morgan fingerprint density at radius 1 is 1.03 bits per heavy atom. The number of aryl methyl sites for hydroxylation is 1. The Labute approximate surface area is 178 Å². The largest absolute Gasteiger partial charge is 0.480 e. The van der Waals surface area contributed by atoms with E-state index in [0.717, 1.165) is 44.1 Å². The standard InChI is InChI=1S/C23H34N2O5/c1-17(24-19(22(27)28)15-14-18-11-7-6-8-12-18)21(26)25-16-10-5-3-2-4-9-13-20(25)23(29)30/h6-8,11-12,17,19-20,24H,2-5,9-10,13-16H2,1H3,(H,27,28)(H,29,30)/t17-,19?,20?/m0/s1. The van der Waals surface area contributed by atoms with Crippen molar-refractivity contribution in [2.45, 2.75) is 82.8 Å². The maximum atomic E-state index is 13.1. The maximum Gasteiger partial charge on any atom is 0.326 e. The van der Waals surface area contributed by atoms with E-state index in [4.69, 9.17) is 0 Å². The molecule has 2 unspecified atom stereocenters. The summed E-state index contributed by atoms with van der Waals surface area (Å²) in [6.45, 7) is 2.02. The molecular formula is C23H34N2O5. The summed E-state index contributed by atoms with van der Waals surface area (Å²) in [5.41, 5.74) is 1.03. The molecular weight excluding hydrogens is 384 g/mol. The molecule has 1 aliphatic heterocycles. The molecule has 0 bridgehead atoms. The third kappa shape index (κ3) is 7.44. The van der Waals surface area contributed by atoms with Gasteiger partial charge in [-0.05, 0) is 38.2 Å². The highest BCUT2D eigenvalue weighted by Gasteiger charge is 2.33. The minimum Gasteiger partial charge on any atom is -0.480 e. The van der Waals surface area contributed by atoms with Crippen LogP contribution in [0.1, 0.15) is 63.9 Å². The maximum absolute atomic E-state index is 13.1. The molecule has 30 heavy (non-hydrogen) atoms. The Kier molecular flexibility index (Phi) is 9.80. The van der Waals surface area contributed by atoms with Crippen molar-refractivity contribution in [3.05, 3.63) is 35.9 Å². The number of benzene rings is 1. The van der Waals surface area contributed by atoms with Crippen molar-refractivity contribution < 1.29 is 24.6 Å². The van der Waals surface area contributed by atoms with Crippen LogP contribution < -0.4 is 5.32 Å². The summed E-state index contributed by atoms with van der Waals surface area (Å²) in [6.07, 6.45) is 7.02. The average Bonchev–Trinajstić information content (AvgIpc) is 2.74. The van der Waals surface area contributed by atoms with E-state index < -0.39 is 30.1 Å². The molecule has 3 atom stereocenters. The van der Waals surface area contributed by atoms with Gasteiger partial charge in [-0.1, -0.05) is 62.4 Å². The number of carboxylic acids is 2. The van der Waals surface area contributed by atoms with Crippen LogP contribution in [0.4, 0.5) is 0 Å². The molecule has 2 rings (SSSR count). The number of amides is 1. The van der Waals surface area contributed by atoms with Crippen LogP contribution >= 0.6 is 0 Å². The highest BCUT2D eigenvalue weighted by molar-refractivity contribution is 5.87. The number of hydrogen-bond acceptors (Lipinski definition) is 4. The van der Waals surface area contributed by atoms with Crippen molar-refractivity contribution in [3.63, 3.8) is 0 Å². The molecule has 1 fully saturated rings. The number of carbonyl (C=O) groups excluding carboxylic acids is 1. The molecule has 3 N–H and O–H groups in total. The summed E-state index contributed by atoms with van der Waals surface area (Å²) in [7, 11) is 0. The van der Waals surface area contributed by atoms with E-state index in [1.165, 1.54) is 4.90 Å². The lowest BCUT2D eigenvalue weighted by molar-refractivity contribution is -0.152. The van der Waals surface area contributed by atoms with Gasteiger partial charge in [-0.25, -0.2) is 4.79 Å². The van der Waals surface area contributed by atoms with Crippen LogP contribution in [-0.2, 0) is 20.8 Å². The summed E-state index contributed by atoms with van der Waals surface area (Å²) in [6, 6.07) is 7.09. The summed E-state index contributed by atoms with van der Waals surface area (Å²) in [5, 5.41) is 22.2. The number of carbonyl (C=O) groups is 3. The molecule has 7 nitrogen and oxygen atoms in total. The van der Waals surface area contributed by atoms with Crippen LogP contribution in [-0.4, -0.2) is 57.6 Å². The van der Waals surface area contributed by atoms with Crippen molar-refractivity contribution >= 4 is 17.8 Å². The van der Waals surface area contributed by atoms with Crippen LogP contribution in [0.2, 0.25) is 0 Å². The number of rotatable bonds is 8. The van der Waals surface area contributed by atoms with E-state index in [9.17, 15) is 24.6 Å². The van der Waals surface area contributed by atoms with Gasteiger partial charge in [-0.2, -0.15) is 0 Å². The van der Waals surface area contributed by atoms with Crippen molar-refractivity contribution in [1.29, 1.82) is 0 Å². The van der Waals surface area contributed by atoms with Gasteiger partial charge in [-0.3, -0.25) is 14.9 Å². The van der Waals surface area contributed by atoms with E-state index in [1.54, 1.807) is 6.92 Å². The molecule has 1 aromatic carbocycles. The minimum absolute atomic E-state index is 0.339. The number of carboxylic acid groups (broad SMARTS) is 2. The van der Waals surface area contributed by atoms with Crippen LogP contribution in [0, 0.1) is 0 Å². The molecule has 7 heteroatoms. The Balaban J connectivity index is 2.04. The fraction of sp³-hybridized carbons (Fsp3) is 0.609. The molecule has 1 aromatic rings. The van der Waals surface area contributed by atoms with Crippen molar-refractivity contribution in [2.24, 2.45) is 0 Å². The van der Waals surface area contributed by atoms with E-state index in [2.05, 4.69) is 5.32 Å². The lowest BCUT2D eigenvalue weighted by Gasteiger charge is -2.33. The van der Waals surface area contributed by atoms with Gasteiger partial charge in [0, 0.05) is 6.54 Å². The Bertz CT molecular complexity index is 694. The zero-order valence-electron chi connectivity index (χ0n) is 17.8. The molecule has 1 saturated heterocycles. The van der Waals surface area contributed by atoms with Gasteiger partial charge in [0.05, 0.1) is 6.04 Å². The van der Waals surface area contributed by atoms with Crippen molar-refractivity contribution in [2.75, 3.05) is 6.54 Å². The number of nitrogens with one attached hydrogen (secondary N) is 1. The quantitative estimate of drug-likeness (QED) is 0.599. The van der Waals surface area contributed by atoms with Crippen LogP contribution in [0.15, 0.2) is 30.3 Å². The van der Waals surface area contributed by atoms with Gasteiger partial charge in [0.15, 0.2) is 0 Å². The second kappa shape index (κ2) is 12.3. The first kappa shape index (κ1) is 23.9. The zero-order valence-corrected chi connectivity index (χ0v) is 17.8. The first-order valence-corrected chi connectivity index (χ1v) is 11.0. The van der Waals surface area contributed by atoms with Gasteiger partial charge in [0.25, 0.3) is 0 Å². The molecule has 0 saturated carbocycles. The molecule has 0 spiro atoms. The fourth-order valence-corrected chi connectivity index (χ4v) is 4.01. The average molecular weight is 419 g/mol. The Morgan fingerprint density at radius 3 is 2.30 bits per heavy atom. The first-order valence-electron chi connectivity index (χ1n) is 11.0. The van der Waals surface area contributed by atoms with Gasteiger partial charge in [0.2, 0.25) is 5.91 Å². The van der Waals surface area contributed by atoms with Gasteiger partial charge >= 0.3 is 11.9 Å². The summed E-state index contributed by atoms with van der Waals surface area (Å²) in [5.74, 6) is -2.34. The van der Waals surface area contributed by atoms with E-state index in [0.29, 0.717) is 25.8 Å². The monoisotopic (exact) mass is 418 g/mol. The summed E-state index contributed by atoms with van der Waals surface area (Å²) >= 11 is 0. The van der Waals surface area contributed by atoms with Crippen molar-refractivity contribution in [1.82, 2.24) is 10.2 Å². The van der Waals surface area contributed by atoms with E-state index in [1.807, 2.05) is 30.3 Å². The highest BCUT2D eigenvalue weighted by atomic mass is 16.4. The molecule has 0 radical (unpaired) electrons. The molecule has 0 aromatic heterocycles. The van der Waals surface area contributed by atoms with Crippen molar-refractivity contribution in [3.8, 4) is 0 Å². The number of nitrogens with zero attached hydrogens (tertiary/aromatic N) is 1. The number of hydrogen-bond donors (Lipinski definition) is 3. The van der Waals surface area contributed by atoms with Gasteiger partial charge in [0.1, 0.15) is 12.1 Å². The molecule has 1 aliphatic rings. The molecule has 0 aliphatic carbocycles. The zero-order chi connectivity index (χ0) is 21.9. The number of aliphatic carboxylic acids is 2. The summed E-state index contributed by atoms with van der Waals surface area (Å²) in [4.78, 5) is 38.1. The highest BCUT2D eigenvalue weighted by Crippen LogP contribution is 2.18. The van der Waals surface area contributed by atoms with E-state index in [-0.39, 0.29) is 5.91 Å². The third-order valence-corrected chi connectivity index (χ3v) is 5.76. The first-order chi connectivity index (χ1) is 14.4. The lowest BCUT2D eigenvalue weighted by Crippen LogP contribution is -2.55. The second-order valence-electron chi connectivity index (χ2n) is 8.10. The normalized spacial score (nSPS) is 20.2. The third-order valence-electron chi connectivity index (χ3n) is 5.76. The Hall–Kier alpha value is -2.41. The van der Waals surface area contributed by atoms with E-state index >= 15 is 0 Å². The lowest BCUT2D eigenvalue weighted by atomic mass is 10.0. The SMILES string of the molecule is C[C@H](NC(CCc1ccccc1)C(=O)O)C(=O)N1CCCCCCCCC1C(=O)O. The predicted octanol–water partition coefficient (Wildman–Crippen LogP) is 3.08. The Morgan fingerprint density at radius 2 is 1.67 bits per heavy atom. The predicted molar refractivity (Wildman–Crippen MR) is 114 cm³/mol. The van der Waals surface area contributed by atoms with Crippen LogP contribution in [0.5, 0.6) is 0 Å². The van der Waals surface area contributed by atoms with Gasteiger partial charge < -0.3 is 15.1 Å². The van der Waals surface area contributed by atoms with Crippen LogP contribution in [0.3, 0.4) is 0 Å². The fourth-order valence-electron chi connectivity index (χ4n) is 4.01. The molecule has 1 heterocycles. The molecule has 166 valence electrons. The van der Waals surface area contributed by atoms with Gasteiger partial charge in [-0.15, -0.1) is 0 Å². The molecule has 1 amide bonds. The van der Waals surface area contributed by atoms with Crippen LogP contribution in [0.25, 0.3) is 0 Å². The topological polar surface area (TPSA) is 107 Å². The second-order valence-corrected chi connectivity index (χ2v) is 8.10. The minimum atomic E-state index is -1.01. The summed E-state index contributed by atoms with van der Waals surface area (Å²) < 4.78 is 0. The smallest absolute Gasteiger partial charge is 0.326 e.